The topological polar surface area (TPSA) is 79.8 Å². The molecule has 0 bridgehead atoms. The van der Waals surface area contributed by atoms with Crippen LogP contribution in [0.4, 0.5) is 0 Å². The highest BCUT2D eigenvalue weighted by Crippen LogP contribution is 2.28. The summed E-state index contributed by atoms with van der Waals surface area (Å²) in [4.78, 5) is 18.7. The van der Waals surface area contributed by atoms with Gasteiger partial charge in [0.15, 0.2) is 16.5 Å². The van der Waals surface area contributed by atoms with Gasteiger partial charge in [0.05, 0.1) is 0 Å². The summed E-state index contributed by atoms with van der Waals surface area (Å²) in [5.41, 5.74) is 5.21. The zero-order valence-electron chi connectivity index (χ0n) is 10.1. The Hall–Kier alpha value is -1.59. The molecule has 0 saturated carbocycles. The minimum atomic E-state index is -1.40. The number of benzene rings is 1. The van der Waals surface area contributed by atoms with Crippen LogP contribution < -0.4 is 11.1 Å². The summed E-state index contributed by atoms with van der Waals surface area (Å²) in [6.07, 6.45) is 0. The first-order chi connectivity index (χ1) is 8.95. The van der Waals surface area contributed by atoms with Gasteiger partial charge in [0.1, 0.15) is 0 Å². The third-order valence-electron chi connectivity index (χ3n) is 2.61. The fraction of sp³-hybridized carbons (Fsp3) is 0.250. The van der Waals surface area contributed by atoms with E-state index >= 15 is 0 Å². The Labute approximate surface area is 120 Å². The van der Waals surface area contributed by atoms with Crippen LogP contribution in [0.2, 0.25) is 0 Å². The van der Waals surface area contributed by atoms with Gasteiger partial charge in [0.25, 0.3) is 0 Å². The van der Waals surface area contributed by atoms with Crippen LogP contribution in [0.5, 0.6) is 0 Å². The van der Waals surface area contributed by atoms with Crippen LogP contribution >= 0.6 is 23.2 Å². The molecule has 1 heterocycles. The maximum atomic E-state index is 11.3. The lowest BCUT2D eigenvalue weighted by Gasteiger charge is -2.27. The van der Waals surface area contributed by atoms with Crippen LogP contribution in [0.1, 0.15) is 12.5 Å². The molecule has 1 aromatic rings. The lowest BCUT2D eigenvalue weighted by atomic mass is 10.2. The molecule has 1 amide bonds. The maximum Gasteiger partial charge on any atom is 0.222 e. The van der Waals surface area contributed by atoms with E-state index in [1.54, 1.807) is 0 Å². The van der Waals surface area contributed by atoms with Crippen molar-refractivity contribution >= 4 is 40.8 Å². The Morgan fingerprint density at radius 1 is 1.37 bits per heavy atom. The number of carbonyl (C=O) groups excluding carboxylic acids is 1. The van der Waals surface area contributed by atoms with Crippen LogP contribution in [0.15, 0.2) is 40.3 Å². The van der Waals surface area contributed by atoms with E-state index in [9.17, 15) is 4.79 Å². The SMILES string of the molecule is CC(=O)NC1(C(Cl)Cl)N=C(c2ccccc2)N=C1N. The zero-order valence-corrected chi connectivity index (χ0v) is 11.6. The Morgan fingerprint density at radius 2 is 2.00 bits per heavy atom. The van der Waals surface area contributed by atoms with E-state index < -0.39 is 10.5 Å². The van der Waals surface area contributed by atoms with Crippen molar-refractivity contribution in [3.63, 3.8) is 0 Å². The van der Waals surface area contributed by atoms with Gasteiger partial charge in [-0.1, -0.05) is 53.5 Å². The molecule has 1 atom stereocenters. The molecular formula is C12H12Cl2N4O. The van der Waals surface area contributed by atoms with E-state index in [1.807, 2.05) is 30.3 Å². The van der Waals surface area contributed by atoms with Gasteiger partial charge in [-0.2, -0.15) is 0 Å². The van der Waals surface area contributed by atoms with Gasteiger partial charge in [-0.3, -0.25) is 4.79 Å². The fourth-order valence-electron chi connectivity index (χ4n) is 1.74. The van der Waals surface area contributed by atoms with Crippen LogP contribution in [-0.2, 0) is 4.79 Å². The second-order valence-electron chi connectivity index (χ2n) is 4.05. The average Bonchev–Trinajstić information content (AvgIpc) is 2.68. The molecule has 19 heavy (non-hydrogen) atoms. The third-order valence-corrected chi connectivity index (χ3v) is 3.25. The van der Waals surface area contributed by atoms with E-state index in [1.165, 1.54) is 6.92 Å². The van der Waals surface area contributed by atoms with Gasteiger partial charge in [0.2, 0.25) is 11.6 Å². The van der Waals surface area contributed by atoms with Crippen LogP contribution in [-0.4, -0.2) is 28.1 Å². The van der Waals surface area contributed by atoms with Gasteiger partial charge in [-0.05, 0) is 0 Å². The van der Waals surface area contributed by atoms with E-state index in [4.69, 9.17) is 28.9 Å². The number of hydrogen-bond donors (Lipinski definition) is 2. The first-order valence-corrected chi connectivity index (χ1v) is 6.40. The van der Waals surface area contributed by atoms with E-state index in [-0.39, 0.29) is 11.7 Å². The molecule has 0 aliphatic carbocycles. The fourth-order valence-corrected chi connectivity index (χ4v) is 2.17. The predicted molar refractivity (Wildman–Crippen MR) is 76.6 cm³/mol. The van der Waals surface area contributed by atoms with Gasteiger partial charge >= 0.3 is 0 Å². The minimum Gasteiger partial charge on any atom is -0.383 e. The summed E-state index contributed by atoms with van der Waals surface area (Å²) in [7, 11) is 0. The van der Waals surface area contributed by atoms with Crippen molar-refractivity contribution in [3.8, 4) is 0 Å². The predicted octanol–water partition coefficient (Wildman–Crippen LogP) is 1.44. The second-order valence-corrected chi connectivity index (χ2v) is 5.14. The lowest BCUT2D eigenvalue weighted by molar-refractivity contribution is -0.120. The van der Waals surface area contributed by atoms with Gasteiger partial charge in [-0.25, -0.2) is 9.98 Å². The van der Waals surface area contributed by atoms with Crippen molar-refractivity contribution in [1.82, 2.24) is 5.32 Å². The Bertz CT molecular complexity index is 556. The summed E-state index contributed by atoms with van der Waals surface area (Å²) in [6.45, 7) is 1.33. The summed E-state index contributed by atoms with van der Waals surface area (Å²) in [5.74, 6) is 0.109. The molecule has 7 heteroatoms. The van der Waals surface area contributed by atoms with Crippen molar-refractivity contribution in [3.05, 3.63) is 35.9 Å². The number of alkyl halides is 2. The molecule has 1 aliphatic heterocycles. The van der Waals surface area contributed by atoms with E-state index in [0.29, 0.717) is 5.84 Å². The number of nitrogens with one attached hydrogen (secondary N) is 1. The van der Waals surface area contributed by atoms with Crippen molar-refractivity contribution in [2.24, 2.45) is 15.7 Å². The smallest absolute Gasteiger partial charge is 0.222 e. The maximum absolute atomic E-state index is 11.3. The van der Waals surface area contributed by atoms with E-state index in [2.05, 4.69) is 15.3 Å². The number of nitrogens with two attached hydrogens (primary N) is 1. The quantitative estimate of drug-likeness (QED) is 0.828. The largest absolute Gasteiger partial charge is 0.383 e. The van der Waals surface area contributed by atoms with Crippen molar-refractivity contribution in [2.45, 2.75) is 17.4 Å². The number of halogens is 2. The second kappa shape index (κ2) is 5.19. The highest BCUT2D eigenvalue weighted by Gasteiger charge is 2.45. The summed E-state index contributed by atoms with van der Waals surface area (Å²) in [5, 5.41) is 2.56. The molecule has 3 N–H and O–H groups in total. The van der Waals surface area contributed by atoms with Crippen LogP contribution in [0.25, 0.3) is 0 Å². The number of carbonyl (C=O) groups is 1. The Morgan fingerprint density at radius 3 is 2.53 bits per heavy atom. The molecular weight excluding hydrogens is 287 g/mol. The van der Waals surface area contributed by atoms with Gasteiger partial charge < -0.3 is 11.1 Å². The molecule has 1 aliphatic rings. The number of nitrogens with zero attached hydrogens (tertiary/aromatic N) is 2. The average molecular weight is 299 g/mol. The molecule has 5 nitrogen and oxygen atoms in total. The van der Waals surface area contributed by atoms with E-state index in [0.717, 1.165) is 5.56 Å². The molecule has 0 fully saturated rings. The summed E-state index contributed by atoms with van der Waals surface area (Å²) < 4.78 is 0. The third kappa shape index (κ3) is 2.57. The number of rotatable bonds is 3. The highest BCUT2D eigenvalue weighted by molar-refractivity contribution is 6.47. The Balaban J connectivity index is 2.45. The highest BCUT2D eigenvalue weighted by atomic mass is 35.5. The first kappa shape index (κ1) is 13.8. The summed E-state index contributed by atoms with van der Waals surface area (Å²) >= 11 is 11.8. The van der Waals surface area contributed by atoms with Crippen LogP contribution in [0, 0.1) is 0 Å². The number of aliphatic imine (C=N–C) groups is 2. The molecule has 1 aromatic carbocycles. The molecule has 1 unspecified atom stereocenters. The lowest BCUT2D eigenvalue weighted by Crippen LogP contribution is -2.58. The van der Waals surface area contributed by atoms with Gasteiger partial charge in [-0.15, -0.1) is 0 Å². The van der Waals surface area contributed by atoms with Crippen LogP contribution in [0.3, 0.4) is 0 Å². The van der Waals surface area contributed by atoms with Crippen molar-refractivity contribution < 1.29 is 4.79 Å². The van der Waals surface area contributed by atoms with Gasteiger partial charge in [0, 0.05) is 12.5 Å². The Kier molecular flexibility index (Phi) is 3.78. The molecule has 0 saturated heterocycles. The first-order valence-electron chi connectivity index (χ1n) is 5.52. The number of hydrogen-bond acceptors (Lipinski definition) is 4. The monoisotopic (exact) mass is 298 g/mol. The zero-order chi connectivity index (χ0) is 14.0. The summed E-state index contributed by atoms with van der Waals surface area (Å²) in [6, 6.07) is 9.23. The molecule has 0 radical (unpaired) electrons. The molecule has 0 aromatic heterocycles. The van der Waals surface area contributed by atoms with Crippen molar-refractivity contribution in [2.75, 3.05) is 0 Å². The van der Waals surface area contributed by atoms with Crippen molar-refractivity contribution in [1.29, 1.82) is 0 Å². The molecule has 100 valence electrons. The number of amidine groups is 2. The standard InChI is InChI=1S/C12H12Cl2N4O/c1-7(19)17-12(10(13)14)11(15)16-9(18-12)8-5-3-2-4-6-8/h2-6,10H,1H3,(H,17,19)(H2,15,16,18). The molecule has 0 spiro atoms. The minimum absolute atomic E-state index is 0.0663. The molecule has 2 rings (SSSR count). The number of amides is 1. The normalized spacial score (nSPS) is 22.1.